The maximum atomic E-state index is 12.9. The van der Waals surface area contributed by atoms with Gasteiger partial charge in [-0.3, -0.25) is 14.2 Å². The number of anilines is 1. The molecule has 0 unspecified atom stereocenters. The number of nitrogens with zero attached hydrogens (tertiary/aromatic N) is 2. The van der Waals surface area contributed by atoms with Gasteiger partial charge in [-0.1, -0.05) is 23.4 Å². The van der Waals surface area contributed by atoms with Gasteiger partial charge in [0.2, 0.25) is 5.91 Å². The Morgan fingerprint density at radius 1 is 1.21 bits per heavy atom. The first-order chi connectivity index (χ1) is 14.0. The minimum absolute atomic E-state index is 0.0948. The Morgan fingerprint density at radius 3 is 2.66 bits per heavy atom. The van der Waals surface area contributed by atoms with E-state index < -0.39 is 0 Å². The van der Waals surface area contributed by atoms with Gasteiger partial charge in [0, 0.05) is 17.8 Å². The van der Waals surface area contributed by atoms with E-state index in [0.717, 1.165) is 0 Å². The third-order valence-corrected chi connectivity index (χ3v) is 5.32. The summed E-state index contributed by atoms with van der Waals surface area (Å²) in [4.78, 5) is 29.7. The van der Waals surface area contributed by atoms with Gasteiger partial charge >= 0.3 is 0 Å². The number of hydrogen-bond acceptors (Lipinski definition) is 6. The molecule has 0 saturated heterocycles. The van der Waals surface area contributed by atoms with Crippen LogP contribution in [0.5, 0.6) is 5.75 Å². The molecule has 9 heteroatoms. The number of rotatable bonds is 8. The summed E-state index contributed by atoms with van der Waals surface area (Å²) in [6, 6.07) is 12.0. The number of ether oxygens (including phenoxy) is 2. The van der Waals surface area contributed by atoms with Gasteiger partial charge < -0.3 is 14.8 Å². The number of carbonyl (C=O) groups is 1. The zero-order valence-corrected chi connectivity index (χ0v) is 17.5. The van der Waals surface area contributed by atoms with Gasteiger partial charge in [0.1, 0.15) is 5.75 Å². The average Bonchev–Trinajstić information content (AvgIpc) is 2.72. The Bertz CT molecular complexity index is 1070. The van der Waals surface area contributed by atoms with Crippen molar-refractivity contribution < 1.29 is 14.3 Å². The lowest BCUT2D eigenvalue weighted by Crippen LogP contribution is -2.26. The Labute approximate surface area is 177 Å². The summed E-state index contributed by atoms with van der Waals surface area (Å²) in [5.74, 6) is 0.592. The van der Waals surface area contributed by atoms with Crippen molar-refractivity contribution in [2.45, 2.75) is 11.7 Å². The molecule has 0 saturated carbocycles. The quantitative estimate of drug-likeness (QED) is 0.433. The standard InChI is InChI=1S/C20H20ClN3O4S/c1-27-10-9-24-19(26)16-8-3-13(21)11-17(16)23-20(24)29-12-18(25)22-14-4-6-15(28-2)7-5-14/h3-8,11H,9-10,12H2,1-2H3,(H,22,25). The summed E-state index contributed by atoms with van der Waals surface area (Å²) >= 11 is 7.22. The number of carbonyl (C=O) groups excluding carboxylic acids is 1. The predicted molar refractivity (Wildman–Crippen MR) is 115 cm³/mol. The molecule has 2 aromatic carbocycles. The molecule has 152 valence electrons. The molecule has 3 aromatic rings. The number of benzene rings is 2. The van der Waals surface area contributed by atoms with Crippen LogP contribution in [0.2, 0.25) is 5.02 Å². The Kier molecular flexibility index (Phi) is 7.13. The fourth-order valence-corrected chi connectivity index (χ4v) is 3.66. The van der Waals surface area contributed by atoms with Crippen molar-refractivity contribution in [3.05, 3.63) is 57.8 Å². The number of thioether (sulfide) groups is 1. The first kappa shape index (κ1) is 21.2. The van der Waals surface area contributed by atoms with Crippen LogP contribution in [0.25, 0.3) is 10.9 Å². The Balaban J connectivity index is 1.79. The van der Waals surface area contributed by atoms with Gasteiger partial charge in [-0.05, 0) is 42.5 Å². The number of hydrogen-bond donors (Lipinski definition) is 1. The highest BCUT2D eigenvalue weighted by molar-refractivity contribution is 7.99. The van der Waals surface area contributed by atoms with E-state index in [1.807, 2.05) is 0 Å². The molecule has 0 aliphatic heterocycles. The molecule has 0 radical (unpaired) electrons. The van der Waals surface area contributed by atoms with Crippen molar-refractivity contribution in [2.24, 2.45) is 0 Å². The monoisotopic (exact) mass is 433 g/mol. The number of aromatic nitrogens is 2. The van der Waals surface area contributed by atoms with Crippen LogP contribution >= 0.6 is 23.4 Å². The zero-order valence-electron chi connectivity index (χ0n) is 16.0. The third kappa shape index (κ3) is 5.29. The van der Waals surface area contributed by atoms with Crippen molar-refractivity contribution in [3.8, 4) is 5.75 Å². The van der Waals surface area contributed by atoms with Crippen LogP contribution in [0.1, 0.15) is 0 Å². The van der Waals surface area contributed by atoms with Gasteiger partial charge in [-0.2, -0.15) is 0 Å². The lowest BCUT2D eigenvalue weighted by atomic mass is 10.2. The van der Waals surface area contributed by atoms with Crippen LogP contribution in [0.4, 0.5) is 5.69 Å². The third-order valence-electron chi connectivity index (χ3n) is 4.11. The summed E-state index contributed by atoms with van der Waals surface area (Å²) in [5.41, 5.74) is 0.961. The van der Waals surface area contributed by atoms with Crippen LogP contribution in [0, 0.1) is 0 Å². The molecule has 0 aliphatic rings. The molecule has 0 spiro atoms. The van der Waals surface area contributed by atoms with E-state index in [0.29, 0.717) is 45.7 Å². The molecule has 1 amide bonds. The second-order valence-corrected chi connectivity index (χ2v) is 7.45. The van der Waals surface area contributed by atoms with Gasteiger partial charge in [0.05, 0.1) is 36.9 Å². The molecule has 0 aliphatic carbocycles. The van der Waals surface area contributed by atoms with Crippen molar-refractivity contribution in [1.29, 1.82) is 0 Å². The first-order valence-corrected chi connectivity index (χ1v) is 10.1. The summed E-state index contributed by atoms with van der Waals surface area (Å²) < 4.78 is 11.7. The molecule has 1 heterocycles. The highest BCUT2D eigenvalue weighted by atomic mass is 35.5. The molecule has 1 N–H and O–H groups in total. The molecule has 0 fully saturated rings. The van der Waals surface area contributed by atoms with Crippen molar-refractivity contribution in [1.82, 2.24) is 9.55 Å². The summed E-state index contributed by atoms with van der Waals surface area (Å²) in [5, 5.41) is 4.21. The highest BCUT2D eigenvalue weighted by Gasteiger charge is 2.14. The normalized spacial score (nSPS) is 10.9. The second kappa shape index (κ2) is 9.78. The van der Waals surface area contributed by atoms with Crippen LogP contribution in [0.15, 0.2) is 52.4 Å². The SMILES string of the molecule is COCCn1c(SCC(=O)Nc2ccc(OC)cc2)nc2cc(Cl)ccc2c1=O. The molecule has 3 rings (SSSR count). The van der Waals surface area contributed by atoms with Gasteiger partial charge in [-0.25, -0.2) is 4.98 Å². The fourth-order valence-electron chi connectivity index (χ4n) is 2.67. The lowest BCUT2D eigenvalue weighted by Gasteiger charge is -2.13. The Morgan fingerprint density at radius 2 is 1.97 bits per heavy atom. The smallest absolute Gasteiger partial charge is 0.262 e. The summed E-state index contributed by atoms with van der Waals surface area (Å²) in [6.07, 6.45) is 0. The lowest BCUT2D eigenvalue weighted by molar-refractivity contribution is -0.113. The van der Waals surface area contributed by atoms with Crippen LogP contribution in [-0.2, 0) is 16.1 Å². The largest absolute Gasteiger partial charge is 0.497 e. The first-order valence-electron chi connectivity index (χ1n) is 8.77. The Hall–Kier alpha value is -2.55. The maximum Gasteiger partial charge on any atom is 0.262 e. The molecule has 29 heavy (non-hydrogen) atoms. The molecule has 0 bridgehead atoms. The van der Waals surface area contributed by atoms with Crippen molar-refractivity contribution in [3.63, 3.8) is 0 Å². The minimum Gasteiger partial charge on any atom is -0.497 e. The predicted octanol–water partition coefficient (Wildman–Crippen LogP) is 3.44. The van der Waals surface area contributed by atoms with Gasteiger partial charge in [0.15, 0.2) is 5.16 Å². The van der Waals surface area contributed by atoms with Crippen LogP contribution in [0.3, 0.4) is 0 Å². The van der Waals surface area contributed by atoms with Crippen molar-refractivity contribution in [2.75, 3.05) is 31.9 Å². The molecule has 0 atom stereocenters. The molecular formula is C20H20ClN3O4S. The van der Waals surface area contributed by atoms with Gasteiger partial charge in [-0.15, -0.1) is 0 Å². The fraction of sp³-hybridized carbons (Fsp3) is 0.250. The zero-order chi connectivity index (χ0) is 20.8. The van der Waals surface area contributed by atoms with Gasteiger partial charge in [0.25, 0.3) is 5.56 Å². The minimum atomic E-state index is -0.209. The van der Waals surface area contributed by atoms with E-state index >= 15 is 0 Å². The van der Waals surface area contributed by atoms with Crippen LogP contribution < -0.4 is 15.6 Å². The van der Waals surface area contributed by atoms with E-state index in [1.165, 1.54) is 16.3 Å². The summed E-state index contributed by atoms with van der Waals surface area (Å²) in [7, 11) is 3.14. The van der Waals surface area contributed by atoms with E-state index in [2.05, 4.69) is 10.3 Å². The topological polar surface area (TPSA) is 82.4 Å². The highest BCUT2D eigenvalue weighted by Crippen LogP contribution is 2.21. The van der Waals surface area contributed by atoms with E-state index in [-0.39, 0.29) is 17.2 Å². The number of halogens is 1. The van der Waals surface area contributed by atoms with Crippen molar-refractivity contribution >= 4 is 45.9 Å². The number of nitrogens with one attached hydrogen (secondary N) is 1. The number of amides is 1. The summed E-state index contributed by atoms with van der Waals surface area (Å²) in [6.45, 7) is 0.690. The van der Waals surface area contributed by atoms with E-state index in [1.54, 1.807) is 56.7 Å². The number of fused-ring (bicyclic) bond motifs is 1. The molecular weight excluding hydrogens is 414 g/mol. The number of methoxy groups -OCH3 is 2. The van der Waals surface area contributed by atoms with E-state index in [9.17, 15) is 9.59 Å². The maximum absolute atomic E-state index is 12.9. The second-order valence-electron chi connectivity index (χ2n) is 6.07. The molecule has 7 nitrogen and oxygen atoms in total. The van der Waals surface area contributed by atoms with Crippen LogP contribution in [-0.4, -0.2) is 42.0 Å². The average molecular weight is 434 g/mol. The molecule has 1 aromatic heterocycles. The van der Waals surface area contributed by atoms with E-state index in [4.69, 9.17) is 21.1 Å².